The molecule has 100 valence electrons. The first kappa shape index (κ1) is 15.1. The summed E-state index contributed by atoms with van der Waals surface area (Å²) in [5.74, 6) is 0. The van der Waals surface area contributed by atoms with Gasteiger partial charge in [-0.15, -0.1) is 0 Å². The maximum absolute atomic E-state index is 5.63. The van der Waals surface area contributed by atoms with Crippen molar-refractivity contribution >= 4 is 17.2 Å². The fourth-order valence-corrected chi connectivity index (χ4v) is 1.97. The minimum Gasteiger partial charge on any atom is -0.389 e. The molecule has 0 amide bonds. The van der Waals surface area contributed by atoms with Crippen molar-refractivity contribution in [2.45, 2.75) is 19.4 Å². The Labute approximate surface area is 115 Å². The summed E-state index contributed by atoms with van der Waals surface area (Å²) in [5.41, 5.74) is 7.82. The van der Waals surface area contributed by atoms with Crippen molar-refractivity contribution in [3.63, 3.8) is 0 Å². The molecule has 0 heterocycles. The van der Waals surface area contributed by atoms with E-state index in [2.05, 4.69) is 24.1 Å². The van der Waals surface area contributed by atoms with Gasteiger partial charge in [0.2, 0.25) is 0 Å². The van der Waals surface area contributed by atoms with E-state index >= 15 is 0 Å². The van der Waals surface area contributed by atoms with Crippen LogP contribution in [0.15, 0.2) is 24.3 Å². The summed E-state index contributed by atoms with van der Waals surface area (Å²) < 4.78 is 5.04. The molecule has 4 heteroatoms. The molecule has 0 aliphatic rings. The number of ether oxygens (including phenoxy) is 1. The number of benzene rings is 1. The fraction of sp³-hybridized carbons (Fsp3) is 0.500. The van der Waals surface area contributed by atoms with Crippen molar-refractivity contribution < 1.29 is 4.74 Å². The molecule has 1 aromatic carbocycles. The van der Waals surface area contributed by atoms with Crippen LogP contribution in [-0.4, -0.2) is 37.2 Å². The second kappa shape index (κ2) is 8.19. The van der Waals surface area contributed by atoms with E-state index in [4.69, 9.17) is 22.7 Å². The molecule has 18 heavy (non-hydrogen) atoms. The summed E-state index contributed by atoms with van der Waals surface area (Å²) >= 11 is 4.98. The van der Waals surface area contributed by atoms with E-state index in [1.165, 1.54) is 5.56 Å². The van der Waals surface area contributed by atoms with Crippen LogP contribution in [0.4, 0.5) is 0 Å². The Bertz CT molecular complexity index is 382. The molecule has 0 aliphatic heterocycles. The Hall–Kier alpha value is -0.970. The monoisotopic (exact) mass is 266 g/mol. The average Bonchev–Trinajstić information content (AvgIpc) is 2.35. The van der Waals surface area contributed by atoms with Gasteiger partial charge in [0.15, 0.2) is 0 Å². The SMILES string of the molecule is COCCCCN(C)Cc1cccc(C(N)=S)c1. The van der Waals surface area contributed by atoms with E-state index in [1.54, 1.807) is 7.11 Å². The normalized spacial score (nSPS) is 10.8. The number of rotatable bonds is 8. The third kappa shape index (κ3) is 5.58. The second-order valence-electron chi connectivity index (χ2n) is 4.50. The first-order chi connectivity index (χ1) is 8.63. The van der Waals surface area contributed by atoms with Gasteiger partial charge in [0.25, 0.3) is 0 Å². The molecule has 0 saturated carbocycles. The first-order valence-corrected chi connectivity index (χ1v) is 6.60. The largest absolute Gasteiger partial charge is 0.389 e. The van der Waals surface area contributed by atoms with Crippen molar-refractivity contribution in [1.29, 1.82) is 0 Å². The van der Waals surface area contributed by atoms with E-state index in [1.807, 2.05) is 12.1 Å². The Kier molecular flexibility index (Phi) is 6.86. The summed E-state index contributed by atoms with van der Waals surface area (Å²) in [5, 5.41) is 0. The highest BCUT2D eigenvalue weighted by Crippen LogP contribution is 2.08. The van der Waals surface area contributed by atoms with Crippen LogP contribution in [-0.2, 0) is 11.3 Å². The zero-order chi connectivity index (χ0) is 13.4. The van der Waals surface area contributed by atoms with Crippen LogP contribution in [0.3, 0.4) is 0 Å². The zero-order valence-electron chi connectivity index (χ0n) is 11.2. The second-order valence-corrected chi connectivity index (χ2v) is 4.94. The molecule has 0 atom stereocenters. The van der Waals surface area contributed by atoms with Crippen molar-refractivity contribution in [3.05, 3.63) is 35.4 Å². The standard InChI is InChI=1S/C14H22N2OS/c1-16(8-3-4-9-17-2)11-12-6-5-7-13(10-12)14(15)18/h5-7,10H,3-4,8-9,11H2,1-2H3,(H2,15,18). The maximum Gasteiger partial charge on any atom is 0.103 e. The van der Waals surface area contributed by atoms with Crippen LogP contribution in [0.25, 0.3) is 0 Å². The lowest BCUT2D eigenvalue weighted by atomic mass is 10.1. The molecular formula is C14H22N2OS. The molecule has 3 nitrogen and oxygen atoms in total. The Morgan fingerprint density at radius 2 is 2.17 bits per heavy atom. The lowest BCUT2D eigenvalue weighted by Crippen LogP contribution is -2.20. The van der Waals surface area contributed by atoms with E-state index in [-0.39, 0.29) is 0 Å². The number of nitrogens with two attached hydrogens (primary N) is 1. The molecule has 0 aromatic heterocycles. The van der Waals surface area contributed by atoms with Crippen LogP contribution < -0.4 is 5.73 Å². The summed E-state index contributed by atoms with van der Waals surface area (Å²) in [4.78, 5) is 2.76. The molecular weight excluding hydrogens is 244 g/mol. The molecule has 0 fully saturated rings. The van der Waals surface area contributed by atoms with Crippen LogP contribution in [0.1, 0.15) is 24.0 Å². The molecule has 0 saturated heterocycles. The van der Waals surface area contributed by atoms with Gasteiger partial charge < -0.3 is 15.4 Å². The number of nitrogens with zero attached hydrogens (tertiary/aromatic N) is 1. The van der Waals surface area contributed by atoms with Gasteiger partial charge in [-0.25, -0.2) is 0 Å². The van der Waals surface area contributed by atoms with Gasteiger partial charge in [-0.3, -0.25) is 0 Å². The molecule has 1 aromatic rings. The predicted molar refractivity (Wildman–Crippen MR) is 79.8 cm³/mol. The third-order valence-electron chi connectivity index (χ3n) is 2.80. The maximum atomic E-state index is 5.63. The number of methoxy groups -OCH3 is 1. The third-order valence-corrected chi connectivity index (χ3v) is 3.04. The number of thiocarbonyl (C=S) groups is 1. The summed E-state index contributed by atoms with van der Waals surface area (Å²) in [6.45, 7) is 2.83. The van der Waals surface area contributed by atoms with Gasteiger partial charge in [-0.05, 0) is 38.1 Å². The Morgan fingerprint density at radius 1 is 1.39 bits per heavy atom. The lowest BCUT2D eigenvalue weighted by molar-refractivity contribution is 0.186. The van der Waals surface area contributed by atoms with E-state index < -0.39 is 0 Å². The highest BCUT2D eigenvalue weighted by molar-refractivity contribution is 7.80. The Balaban J connectivity index is 2.41. The van der Waals surface area contributed by atoms with Crippen molar-refractivity contribution in [2.75, 3.05) is 27.3 Å². The number of unbranched alkanes of at least 4 members (excludes halogenated alkanes) is 1. The van der Waals surface area contributed by atoms with Gasteiger partial charge in [-0.2, -0.15) is 0 Å². The van der Waals surface area contributed by atoms with Gasteiger partial charge in [0, 0.05) is 25.8 Å². The number of hydrogen-bond donors (Lipinski definition) is 1. The van der Waals surface area contributed by atoms with E-state index in [0.717, 1.165) is 38.1 Å². The Morgan fingerprint density at radius 3 is 2.83 bits per heavy atom. The first-order valence-electron chi connectivity index (χ1n) is 6.19. The molecule has 0 aliphatic carbocycles. The average molecular weight is 266 g/mol. The number of hydrogen-bond acceptors (Lipinski definition) is 3. The summed E-state index contributed by atoms with van der Waals surface area (Å²) in [6, 6.07) is 8.12. The van der Waals surface area contributed by atoms with Crippen LogP contribution in [0.2, 0.25) is 0 Å². The topological polar surface area (TPSA) is 38.5 Å². The summed E-state index contributed by atoms with van der Waals surface area (Å²) in [6.07, 6.45) is 2.26. The van der Waals surface area contributed by atoms with Crippen LogP contribution in [0, 0.1) is 0 Å². The fourth-order valence-electron chi connectivity index (χ4n) is 1.84. The van der Waals surface area contributed by atoms with Crippen LogP contribution in [0.5, 0.6) is 0 Å². The predicted octanol–water partition coefficient (Wildman–Crippen LogP) is 2.18. The summed E-state index contributed by atoms with van der Waals surface area (Å²) in [7, 11) is 3.87. The molecule has 2 N–H and O–H groups in total. The lowest BCUT2D eigenvalue weighted by Gasteiger charge is -2.17. The molecule has 0 radical (unpaired) electrons. The van der Waals surface area contributed by atoms with Crippen molar-refractivity contribution in [2.24, 2.45) is 5.73 Å². The van der Waals surface area contributed by atoms with Crippen LogP contribution >= 0.6 is 12.2 Å². The quantitative estimate of drug-likeness (QED) is 0.578. The molecule has 0 spiro atoms. The molecule has 0 unspecified atom stereocenters. The highest BCUT2D eigenvalue weighted by atomic mass is 32.1. The van der Waals surface area contributed by atoms with Crippen molar-refractivity contribution in [1.82, 2.24) is 4.90 Å². The van der Waals surface area contributed by atoms with Crippen molar-refractivity contribution in [3.8, 4) is 0 Å². The minimum atomic E-state index is 0.458. The molecule has 1 rings (SSSR count). The minimum absolute atomic E-state index is 0.458. The van der Waals surface area contributed by atoms with Gasteiger partial charge in [0.1, 0.15) is 4.99 Å². The van der Waals surface area contributed by atoms with Gasteiger partial charge in [-0.1, -0.05) is 30.4 Å². The van der Waals surface area contributed by atoms with Gasteiger partial charge in [0.05, 0.1) is 0 Å². The van der Waals surface area contributed by atoms with E-state index in [0.29, 0.717) is 4.99 Å². The van der Waals surface area contributed by atoms with Gasteiger partial charge >= 0.3 is 0 Å². The highest BCUT2D eigenvalue weighted by Gasteiger charge is 2.02. The molecule has 0 bridgehead atoms. The van der Waals surface area contributed by atoms with E-state index in [9.17, 15) is 0 Å². The smallest absolute Gasteiger partial charge is 0.103 e. The zero-order valence-corrected chi connectivity index (χ0v) is 12.0.